The fourth-order valence-electron chi connectivity index (χ4n) is 1.56. The SMILES string of the molecule is COc1cc(C=NN=C(N)N)ccc1OC(=O)c1cccs1.O=[N+]([O-])O. The Hall–Kier alpha value is -3.67. The molecule has 2 aromatic rings. The summed E-state index contributed by atoms with van der Waals surface area (Å²) in [5, 5.41) is 22.6. The Morgan fingerprint density at radius 2 is 2.04 bits per heavy atom. The summed E-state index contributed by atoms with van der Waals surface area (Å²) in [4.78, 5) is 20.8. The second-order valence-corrected chi connectivity index (χ2v) is 5.23. The minimum atomic E-state index is -1.50. The van der Waals surface area contributed by atoms with E-state index in [1.807, 2.05) is 0 Å². The Morgan fingerprint density at radius 3 is 2.58 bits per heavy atom. The number of esters is 1. The number of nitrogens with zero attached hydrogens (tertiary/aromatic N) is 3. The fourth-order valence-corrected chi connectivity index (χ4v) is 2.15. The van der Waals surface area contributed by atoms with Gasteiger partial charge in [-0.05, 0) is 35.2 Å². The first-order valence-corrected chi connectivity index (χ1v) is 7.60. The summed E-state index contributed by atoms with van der Waals surface area (Å²) in [6, 6.07) is 8.44. The third kappa shape index (κ3) is 7.27. The molecule has 0 unspecified atom stereocenters. The van der Waals surface area contributed by atoms with E-state index in [4.69, 9.17) is 36.3 Å². The van der Waals surface area contributed by atoms with Crippen molar-refractivity contribution in [3.05, 3.63) is 56.3 Å². The molecular formula is C14H15N5O6S. The lowest BCUT2D eigenvalue weighted by Gasteiger charge is -2.09. The number of hydrogen-bond acceptors (Lipinski definition) is 8. The van der Waals surface area contributed by atoms with Crippen LogP contribution in [0.25, 0.3) is 0 Å². The molecule has 0 aliphatic heterocycles. The molecule has 1 heterocycles. The molecule has 0 saturated carbocycles. The van der Waals surface area contributed by atoms with Crippen molar-refractivity contribution in [1.29, 1.82) is 0 Å². The van der Waals surface area contributed by atoms with Crippen LogP contribution in [0.1, 0.15) is 15.2 Å². The lowest BCUT2D eigenvalue weighted by atomic mass is 10.2. The molecule has 0 amide bonds. The molecule has 1 aromatic carbocycles. The van der Waals surface area contributed by atoms with Gasteiger partial charge >= 0.3 is 5.97 Å². The number of benzene rings is 1. The molecule has 0 spiro atoms. The van der Waals surface area contributed by atoms with Crippen LogP contribution in [0.5, 0.6) is 11.5 Å². The molecule has 0 bridgehead atoms. The van der Waals surface area contributed by atoms with E-state index in [1.165, 1.54) is 24.7 Å². The summed E-state index contributed by atoms with van der Waals surface area (Å²) in [5.41, 5.74) is 11.0. The van der Waals surface area contributed by atoms with Gasteiger partial charge in [0, 0.05) is 0 Å². The first-order chi connectivity index (χ1) is 12.3. The zero-order valence-electron chi connectivity index (χ0n) is 13.4. The quantitative estimate of drug-likeness (QED) is 0.173. The zero-order chi connectivity index (χ0) is 19.5. The van der Waals surface area contributed by atoms with Crippen LogP contribution in [0.15, 0.2) is 45.9 Å². The second kappa shape index (κ2) is 10.2. The predicted molar refractivity (Wildman–Crippen MR) is 94.5 cm³/mol. The van der Waals surface area contributed by atoms with E-state index in [9.17, 15) is 4.79 Å². The van der Waals surface area contributed by atoms with E-state index < -0.39 is 11.1 Å². The van der Waals surface area contributed by atoms with E-state index >= 15 is 0 Å². The smallest absolute Gasteiger partial charge is 0.353 e. The van der Waals surface area contributed by atoms with Crippen molar-refractivity contribution >= 4 is 29.5 Å². The number of guanidine groups is 1. The number of hydrogen-bond donors (Lipinski definition) is 3. The highest BCUT2D eigenvalue weighted by atomic mass is 32.1. The summed E-state index contributed by atoms with van der Waals surface area (Å²) in [6.07, 6.45) is 1.45. The van der Waals surface area contributed by atoms with Gasteiger partial charge in [0.15, 0.2) is 11.5 Å². The minimum absolute atomic E-state index is 0.135. The van der Waals surface area contributed by atoms with Crippen molar-refractivity contribution in [3.8, 4) is 11.5 Å². The Balaban J connectivity index is 0.000000765. The van der Waals surface area contributed by atoms with Gasteiger partial charge in [-0.1, -0.05) is 6.07 Å². The Labute approximate surface area is 151 Å². The number of rotatable bonds is 5. The highest BCUT2D eigenvalue weighted by molar-refractivity contribution is 7.12. The van der Waals surface area contributed by atoms with Crippen LogP contribution in [0.4, 0.5) is 0 Å². The third-order valence-electron chi connectivity index (χ3n) is 2.49. The van der Waals surface area contributed by atoms with Crippen LogP contribution in [0.3, 0.4) is 0 Å². The standard InChI is InChI=1S/C14H14N4O3S.HNO3/c1-20-11-7-9(8-17-18-14(15)16)4-5-10(11)21-13(19)12-3-2-6-22-12;2-1(3)4/h2-8H,1H3,(H4,15,16,18);(H,2,3,4). The summed E-state index contributed by atoms with van der Waals surface area (Å²) in [6.45, 7) is 0. The summed E-state index contributed by atoms with van der Waals surface area (Å²) >= 11 is 1.31. The minimum Gasteiger partial charge on any atom is -0.493 e. The number of ether oxygens (including phenoxy) is 2. The van der Waals surface area contributed by atoms with Crippen LogP contribution in [-0.4, -0.2) is 35.5 Å². The molecule has 26 heavy (non-hydrogen) atoms. The van der Waals surface area contributed by atoms with Crippen molar-refractivity contribution in [2.45, 2.75) is 0 Å². The Bertz CT molecular complexity index is 798. The van der Waals surface area contributed by atoms with Gasteiger partial charge in [-0.15, -0.1) is 26.6 Å². The van der Waals surface area contributed by atoms with Gasteiger partial charge in [-0.2, -0.15) is 5.10 Å². The zero-order valence-corrected chi connectivity index (χ0v) is 14.3. The van der Waals surface area contributed by atoms with Crippen molar-refractivity contribution in [3.63, 3.8) is 0 Å². The van der Waals surface area contributed by atoms with Gasteiger partial charge in [-0.25, -0.2) is 4.79 Å². The van der Waals surface area contributed by atoms with Gasteiger partial charge in [0.25, 0.3) is 5.09 Å². The lowest BCUT2D eigenvalue weighted by Crippen LogP contribution is -2.21. The molecule has 138 valence electrons. The maximum absolute atomic E-state index is 11.9. The summed E-state index contributed by atoms with van der Waals surface area (Å²) < 4.78 is 10.5. The molecule has 0 fully saturated rings. The van der Waals surface area contributed by atoms with E-state index in [0.29, 0.717) is 21.9 Å². The van der Waals surface area contributed by atoms with Gasteiger partial charge in [0.2, 0.25) is 5.96 Å². The second-order valence-electron chi connectivity index (χ2n) is 4.28. The monoisotopic (exact) mass is 381 g/mol. The largest absolute Gasteiger partial charge is 0.493 e. The first-order valence-electron chi connectivity index (χ1n) is 6.72. The van der Waals surface area contributed by atoms with Gasteiger partial charge in [0.1, 0.15) is 4.88 Å². The van der Waals surface area contributed by atoms with Gasteiger partial charge in [0.05, 0.1) is 13.3 Å². The Kier molecular flexibility index (Phi) is 8.03. The molecule has 5 N–H and O–H groups in total. The number of thiophene rings is 1. The maximum atomic E-state index is 11.9. The van der Waals surface area contributed by atoms with Gasteiger partial charge < -0.3 is 26.1 Å². The van der Waals surface area contributed by atoms with E-state index in [0.717, 1.165) is 0 Å². The van der Waals surface area contributed by atoms with Crippen LogP contribution in [0.2, 0.25) is 0 Å². The molecule has 12 heteroatoms. The van der Waals surface area contributed by atoms with E-state index in [-0.39, 0.29) is 5.96 Å². The number of carbonyl (C=O) groups excluding carboxylic acids is 1. The molecule has 0 aliphatic rings. The number of methoxy groups -OCH3 is 1. The molecule has 2 rings (SSSR count). The Morgan fingerprint density at radius 1 is 1.35 bits per heavy atom. The fraction of sp³-hybridized carbons (Fsp3) is 0.0714. The molecule has 0 aliphatic carbocycles. The maximum Gasteiger partial charge on any atom is 0.353 e. The number of carbonyl (C=O) groups is 1. The topological polar surface area (TPSA) is 176 Å². The molecule has 0 atom stereocenters. The van der Waals surface area contributed by atoms with Crippen molar-refractivity contribution < 1.29 is 24.6 Å². The van der Waals surface area contributed by atoms with Crippen molar-refractivity contribution in [2.75, 3.05) is 7.11 Å². The summed E-state index contributed by atoms with van der Waals surface area (Å²) in [5.74, 6) is 0.151. The van der Waals surface area contributed by atoms with Crippen LogP contribution < -0.4 is 20.9 Å². The molecular weight excluding hydrogens is 366 g/mol. The van der Waals surface area contributed by atoms with E-state index in [2.05, 4.69) is 10.2 Å². The van der Waals surface area contributed by atoms with E-state index in [1.54, 1.807) is 35.7 Å². The molecule has 11 nitrogen and oxygen atoms in total. The molecule has 0 radical (unpaired) electrons. The first kappa shape index (κ1) is 20.4. The average Bonchev–Trinajstić information content (AvgIpc) is 3.09. The highest BCUT2D eigenvalue weighted by Crippen LogP contribution is 2.28. The van der Waals surface area contributed by atoms with Crippen LogP contribution in [-0.2, 0) is 0 Å². The predicted octanol–water partition coefficient (Wildman–Crippen LogP) is 1.24. The van der Waals surface area contributed by atoms with Crippen molar-refractivity contribution in [1.82, 2.24) is 0 Å². The van der Waals surface area contributed by atoms with Crippen LogP contribution in [0, 0.1) is 10.1 Å². The average molecular weight is 381 g/mol. The highest BCUT2D eigenvalue weighted by Gasteiger charge is 2.13. The van der Waals surface area contributed by atoms with Crippen LogP contribution >= 0.6 is 11.3 Å². The summed E-state index contributed by atoms with van der Waals surface area (Å²) in [7, 11) is 1.48. The van der Waals surface area contributed by atoms with Gasteiger partial charge in [-0.3, -0.25) is 0 Å². The molecule has 1 aromatic heterocycles. The number of nitrogens with two attached hydrogens (primary N) is 2. The molecule has 0 saturated heterocycles. The lowest BCUT2D eigenvalue weighted by molar-refractivity contribution is -0.742. The normalized spacial score (nSPS) is 9.73. The third-order valence-corrected chi connectivity index (χ3v) is 3.34. The van der Waals surface area contributed by atoms with Crippen molar-refractivity contribution in [2.24, 2.45) is 21.7 Å².